The van der Waals surface area contributed by atoms with Crippen molar-refractivity contribution in [1.29, 1.82) is 0 Å². The van der Waals surface area contributed by atoms with Gasteiger partial charge in [-0.15, -0.1) is 0 Å². The van der Waals surface area contributed by atoms with E-state index in [9.17, 15) is 0 Å². The second kappa shape index (κ2) is 6.84. The van der Waals surface area contributed by atoms with E-state index < -0.39 is 51.4 Å². The van der Waals surface area contributed by atoms with Crippen LogP contribution in [-0.4, -0.2) is 51.4 Å². The van der Waals surface area contributed by atoms with Crippen LogP contribution >= 0.6 is 8.83 Å². The SMILES string of the molecule is C[Si](C)(C)[CH]([Sb]([Cl])[CH]([Si](C)(C)C)[Si](C)(C)C)[Si](C)(C)C. The number of rotatable bonds is 6. The summed E-state index contributed by atoms with van der Waals surface area (Å²) in [6, 6.07) is 0. The maximum atomic E-state index is 7.47. The minimum atomic E-state index is -1.74. The first-order chi connectivity index (χ1) is 8.40. The summed E-state index contributed by atoms with van der Waals surface area (Å²) in [5.41, 5.74) is 0. The molecule has 0 aliphatic heterocycles. The third kappa shape index (κ3) is 6.23. The first-order valence-electron chi connectivity index (χ1n) is 7.84. The van der Waals surface area contributed by atoms with E-state index in [2.05, 4.69) is 78.6 Å². The normalized spacial score (nSPS) is 15.6. The van der Waals surface area contributed by atoms with Crippen LogP contribution in [0.2, 0.25) is 84.8 Å². The van der Waals surface area contributed by atoms with Gasteiger partial charge in [-0.1, -0.05) is 0 Å². The fourth-order valence-electron chi connectivity index (χ4n) is 4.23. The molecule has 0 aromatic carbocycles. The van der Waals surface area contributed by atoms with Gasteiger partial charge in [0.1, 0.15) is 0 Å². The molecule has 0 saturated heterocycles. The summed E-state index contributed by atoms with van der Waals surface area (Å²) in [4.78, 5) is 0. The molecule has 0 fully saturated rings. The van der Waals surface area contributed by atoms with E-state index >= 15 is 0 Å². The van der Waals surface area contributed by atoms with Gasteiger partial charge in [0.25, 0.3) is 0 Å². The van der Waals surface area contributed by atoms with Crippen LogP contribution in [0.4, 0.5) is 0 Å². The van der Waals surface area contributed by atoms with Gasteiger partial charge in [0.15, 0.2) is 0 Å². The van der Waals surface area contributed by atoms with Crippen LogP contribution in [0, 0.1) is 0 Å². The molecule has 0 radical (unpaired) electrons. The van der Waals surface area contributed by atoms with Crippen molar-refractivity contribution in [2.45, 2.75) is 84.8 Å². The van der Waals surface area contributed by atoms with E-state index in [1.807, 2.05) is 0 Å². The summed E-state index contributed by atoms with van der Waals surface area (Å²) in [6.45, 7) is 31.0. The Kier molecular flexibility index (Phi) is 7.52. The summed E-state index contributed by atoms with van der Waals surface area (Å²) >= 11 is -1.74. The van der Waals surface area contributed by atoms with E-state index in [4.69, 9.17) is 8.83 Å². The number of hydrogen-bond acceptors (Lipinski definition) is 0. The third-order valence-electron chi connectivity index (χ3n) is 3.77. The molecule has 0 nitrogen and oxygen atoms in total. The summed E-state index contributed by atoms with van der Waals surface area (Å²) in [6.07, 6.45) is 0. The van der Waals surface area contributed by atoms with E-state index in [1.165, 1.54) is 0 Å². The molecule has 0 saturated carbocycles. The zero-order valence-electron chi connectivity index (χ0n) is 16.0. The minimum absolute atomic E-state index is 1.00. The zero-order valence-corrected chi connectivity index (χ0v) is 23.3. The van der Waals surface area contributed by atoms with Crippen molar-refractivity contribution >= 4 is 60.2 Å². The summed E-state index contributed by atoms with van der Waals surface area (Å²) < 4.78 is 2.01. The topological polar surface area (TPSA) is 0 Å². The van der Waals surface area contributed by atoms with Gasteiger partial charge in [-0.05, 0) is 0 Å². The van der Waals surface area contributed by atoms with Crippen LogP contribution in [-0.2, 0) is 0 Å². The monoisotopic (exact) mass is 474 g/mol. The Labute approximate surface area is 144 Å². The maximum absolute atomic E-state index is 7.47. The van der Waals surface area contributed by atoms with Gasteiger partial charge in [0.2, 0.25) is 0 Å². The first-order valence-corrected chi connectivity index (χ1v) is 28.3. The fraction of sp³-hybridized carbons (Fsp3) is 1.00. The van der Waals surface area contributed by atoms with Gasteiger partial charge in [-0.2, -0.15) is 0 Å². The molecule has 0 aromatic rings. The average molecular weight is 476 g/mol. The Hall–Kier alpha value is 1.98. The second-order valence-corrected chi connectivity index (χ2v) is 46.3. The molecule has 0 rings (SSSR count). The Bertz CT molecular complexity index is 260. The van der Waals surface area contributed by atoms with Crippen LogP contribution < -0.4 is 0 Å². The van der Waals surface area contributed by atoms with Gasteiger partial charge in [0, 0.05) is 0 Å². The summed E-state index contributed by atoms with van der Waals surface area (Å²) in [5.74, 6) is 0. The number of halogens is 1. The molecule has 0 aliphatic rings. The van der Waals surface area contributed by atoms with Gasteiger partial charge in [0.05, 0.1) is 0 Å². The van der Waals surface area contributed by atoms with Gasteiger partial charge in [-0.3, -0.25) is 0 Å². The van der Waals surface area contributed by atoms with Crippen molar-refractivity contribution in [1.82, 2.24) is 0 Å². The second-order valence-electron chi connectivity index (χ2n) is 10.6. The van der Waals surface area contributed by atoms with Crippen molar-refractivity contribution in [3.8, 4) is 0 Å². The van der Waals surface area contributed by atoms with Crippen LogP contribution in [0.25, 0.3) is 0 Å². The summed E-state index contributed by atoms with van der Waals surface area (Å²) in [7, 11) is 2.87. The molecule has 0 spiro atoms. The van der Waals surface area contributed by atoms with Crippen LogP contribution in [0.3, 0.4) is 0 Å². The molecule has 0 aromatic heterocycles. The molecule has 0 atom stereocenters. The predicted molar refractivity (Wildman–Crippen MR) is 112 cm³/mol. The molecular formula is C14H38ClSbSi4. The van der Waals surface area contributed by atoms with Crippen LogP contribution in [0.1, 0.15) is 0 Å². The third-order valence-corrected chi connectivity index (χ3v) is 64.5. The van der Waals surface area contributed by atoms with Crippen molar-refractivity contribution in [2.24, 2.45) is 0 Å². The molecule has 122 valence electrons. The molecular weight excluding hydrogens is 438 g/mol. The zero-order chi connectivity index (χ0) is 16.7. The molecule has 0 unspecified atom stereocenters. The molecule has 20 heavy (non-hydrogen) atoms. The standard InChI is InChI=1S/2C7H19Si2.ClH.Sb/c2*1-8(2,3)7-9(4,5)6;;/h2*7H,1-6H3;1H;/q;;;+1/p-1. The first kappa shape index (κ1) is 22.0. The molecule has 0 heterocycles. The number of hydrogen-bond donors (Lipinski definition) is 0. The van der Waals surface area contributed by atoms with Crippen LogP contribution in [0.15, 0.2) is 0 Å². The van der Waals surface area contributed by atoms with E-state index in [0.717, 1.165) is 6.22 Å². The Morgan fingerprint density at radius 1 is 0.500 bits per heavy atom. The fourth-order valence-corrected chi connectivity index (χ4v) is 85.7. The quantitative estimate of drug-likeness (QED) is 0.386. The Morgan fingerprint density at radius 3 is 0.750 bits per heavy atom. The van der Waals surface area contributed by atoms with Gasteiger partial charge < -0.3 is 0 Å². The molecule has 0 bridgehead atoms. The molecule has 0 amide bonds. The molecule has 6 heteroatoms. The average Bonchev–Trinajstić information content (AvgIpc) is 1.88. The van der Waals surface area contributed by atoms with Crippen molar-refractivity contribution < 1.29 is 0 Å². The van der Waals surface area contributed by atoms with Crippen LogP contribution in [0.5, 0.6) is 0 Å². The van der Waals surface area contributed by atoms with Gasteiger partial charge >= 0.3 is 145 Å². The Balaban J connectivity index is 5.81. The van der Waals surface area contributed by atoms with Crippen molar-refractivity contribution in [3.05, 3.63) is 0 Å². The Morgan fingerprint density at radius 2 is 0.650 bits per heavy atom. The van der Waals surface area contributed by atoms with E-state index in [-0.39, 0.29) is 0 Å². The predicted octanol–water partition coefficient (Wildman–Crippen LogP) is 6.47. The van der Waals surface area contributed by atoms with Crippen molar-refractivity contribution in [3.63, 3.8) is 0 Å². The van der Waals surface area contributed by atoms with Gasteiger partial charge in [-0.25, -0.2) is 0 Å². The van der Waals surface area contributed by atoms with E-state index in [1.54, 1.807) is 0 Å². The molecule has 0 aliphatic carbocycles. The summed E-state index contributed by atoms with van der Waals surface area (Å²) in [5, 5.41) is 0. The van der Waals surface area contributed by atoms with E-state index in [0.29, 0.717) is 0 Å². The molecule has 0 N–H and O–H groups in total. The van der Waals surface area contributed by atoms with Crippen molar-refractivity contribution in [2.75, 3.05) is 0 Å².